The second-order valence-electron chi connectivity index (χ2n) is 32.7. The standard InChI is InChI=1S/C77H118F8N12O13/c1-12-34-89(5)69(104)58-41-61(99)93(9)56(38-46-24-25-46)66(101)87-64(45(4)13-2)72(107)91(7)44-62(100)92(8)55-23-16-15-19-35-96(71(55)106)59(39-47-26-29-50(30-27-47)76(80,81)82)70(105)90(6)43-60(98)86-54(31-28-48-36-52(78)63(53(79)37-48)77(83,84)85)68(103)97-42-51(110-14-3)40-57(97)67(102)88-75(32-20-33-75)74(109)95(11)65(73(108)94(58)10)49-21-17-18-22-49/h15-16,45-59,63-65H,12-14,17-44H2,1-11H3,(H,86,98)(H,87,101)(H,88,102)/b16-15-/t45-,47?,48?,50?,51+,52?,53?,54-,55-,56-,57-,58-,59-,63?,64-,65-/m0/s1. The van der Waals surface area contributed by atoms with E-state index in [1.165, 1.54) is 73.8 Å². The molecule has 5 saturated carbocycles. The van der Waals surface area contributed by atoms with Crippen molar-refractivity contribution in [3.63, 3.8) is 0 Å². The van der Waals surface area contributed by atoms with Gasteiger partial charge in [0.1, 0.15) is 72.1 Å². The lowest BCUT2D eigenvalue weighted by Crippen LogP contribution is -2.68. The number of amides is 12. The number of alkyl halides is 8. The summed E-state index contributed by atoms with van der Waals surface area (Å²) in [5.41, 5.74) is -1.69. The Kier molecular flexibility index (Phi) is 30.6. The number of rotatable bonds is 15. The van der Waals surface area contributed by atoms with E-state index >= 15 is 42.3 Å². The maximum Gasteiger partial charge on any atom is 0.397 e. The Hall–Kier alpha value is -7.22. The minimum absolute atomic E-state index is 0.00216. The molecule has 620 valence electrons. The Morgan fingerprint density at radius 3 is 1.80 bits per heavy atom. The van der Waals surface area contributed by atoms with Gasteiger partial charge in [0.05, 0.1) is 31.5 Å². The molecule has 110 heavy (non-hydrogen) atoms. The van der Waals surface area contributed by atoms with Crippen LogP contribution in [-0.2, 0) is 62.3 Å². The van der Waals surface area contributed by atoms with Crippen LogP contribution in [0.3, 0.4) is 0 Å². The third kappa shape index (κ3) is 21.4. The van der Waals surface area contributed by atoms with E-state index in [1.807, 2.05) is 6.92 Å². The van der Waals surface area contributed by atoms with Crippen LogP contribution in [0.25, 0.3) is 0 Å². The number of fused-ring (bicyclic) bond motifs is 3. The average Bonchev–Trinajstić information content (AvgIpc) is 1.04. The Morgan fingerprint density at radius 2 is 1.24 bits per heavy atom. The van der Waals surface area contributed by atoms with Crippen LogP contribution in [-0.4, -0.2) is 288 Å². The summed E-state index contributed by atoms with van der Waals surface area (Å²) in [4.78, 5) is 193. The van der Waals surface area contributed by atoms with Crippen molar-refractivity contribution in [3.8, 4) is 0 Å². The maximum absolute atomic E-state index is 15.7. The van der Waals surface area contributed by atoms with Crippen molar-refractivity contribution in [2.24, 2.45) is 41.4 Å². The molecule has 0 radical (unpaired) electrons. The molecule has 0 aromatic rings. The predicted molar refractivity (Wildman–Crippen MR) is 388 cm³/mol. The minimum Gasteiger partial charge on any atom is -0.377 e. The first-order valence-electron chi connectivity index (χ1n) is 39.8. The van der Waals surface area contributed by atoms with Gasteiger partial charge in [-0.2, -0.15) is 26.3 Å². The first kappa shape index (κ1) is 88.3. The molecule has 8 rings (SSSR count). The Labute approximate surface area is 641 Å². The van der Waals surface area contributed by atoms with Gasteiger partial charge in [-0.1, -0.05) is 65.0 Å². The number of likely N-dealkylation sites (N-methyl/N-ethyl adjacent to an activating group) is 7. The van der Waals surface area contributed by atoms with Crippen LogP contribution in [0.4, 0.5) is 35.1 Å². The fourth-order valence-electron chi connectivity index (χ4n) is 17.6. The van der Waals surface area contributed by atoms with Crippen LogP contribution in [0.2, 0.25) is 0 Å². The Balaban J connectivity index is 1.20. The first-order valence-corrected chi connectivity index (χ1v) is 39.8. The molecule has 2 saturated heterocycles. The smallest absolute Gasteiger partial charge is 0.377 e. The number of hydrogen-bond acceptors (Lipinski definition) is 13. The van der Waals surface area contributed by atoms with E-state index in [0.717, 1.165) is 32.4 Å². The number of halogens is 8. The number of nitrogens with one attached hydrogen (secondary N) is 3. The number of carbonyl (C=O) groups is 12. The molecule has 12 amide bonds. The van der Waals surface area contributed by atoms with Gasteiger partial charge in [-0.3, -0.25) is 57.5 Å². The summed E-state index contributed by atoms with van der Waals surface area (Å²) >= 11 is 0. The number of carbonyl (C=O) groups excluding carboxylic acids is 12. The van der Waals surface area contributed by atoms with E-state index in [2.05, 4.69) is 16.0 Å². The van der Waals surface area contributed by atoms with Crippen molar-refractivity contribution >= 4 is 70.9 Å². The fraction of sp³-hybridized carbons (Fsp3) is 0.818. The molecule has 1 spiro atoms. The molecule has 0 aromatic carbocycles. The topological polar surface area (TPSA) is 279 Å². The van der Waals surface area contributed by atoms with Crippen molar-refractivity contribution in [1.29, 1.82) is 0 Å². The molecule has 5 aliphatic carbocycles. The molecule has 8 aliphatic rings. The predicted octanol–water partition coefficient (Wildman–Crippen LogP) is 6.89. The van der Waals surface area contributed by atoms with Gasteiger partial charge in [0, 0.05) is 82.0 Å². The lowest BCUT2D eigenvalue weighted by atomic mass is 9.74. The second-order valence-corrected chi connectivity index (χ2v) is 32.7. The van der Waals surface area contributed by atoms with Crippen LogP contribution < -0.4 is 16.0 Å². The fourth-order valence-corrected chi connectivity index (χ4v) is 17.6. The lowest BCUT2D eigenvalue weighted by Gasteiger charge is -2.46. The highest BCUT2D eigenvalue weighted by Crippen LogP contribution is 2.46. The number of nitrogens with zero attached hydrogens (tertiary/aromatic N) is 9. The van der Waals surface area contributed by atoms with Crippen LogP contribution in [0.1, 0.15) is 188 Å². The van der Waals surface area contributed by atoms with E-state index < -0.39 is 230 Å². The normalized spacial score (nSPS) is 32.2. The highest BCUT2D eigenvalue weighted by atomic mass is 19.4. The van der Waals surface area contributed by atoms with Gasteiger partial charge in [0.15, 0.2) is 0 Å². The van der Waals surface area contributed by atoms with Crippen molar-refractivity contribution in [1.82, 2.24) is 60.0 Å². The zero-order chi connectivity index (χ0) is 81.2. The molecule has 7 fully saturated rings. The summed E-state index contributed by atoms with van der Waals surface area (Å²) in [6.07, 6.45) is -11.0. The molecule has 3 N–H and O–H groups in total. The largest absolute Gasteiger partial charge is 0.397 e. The molecule has 25 nitrogen and oxygen atoms in total. The summed E-state index contributed by atoms with van der Waals surface area (Å²) in [7, 11) is 9.64. The molecule has 3 heterocycles. The summed E-state index contributed by atoms with van der Waals surface area (Å²) < 4.78 is 121. The van der Waals surface area contributed by atoms with E-state index in [-0.39, 0.29) is 109 Å². The SMILES string of the molecule is CCCN(C)C(=O)[C@@H]1CC(=O)N(C)[C@@H](CC2CC2)C(=O)N[C@@H]([C@@H](C)CC)C(=O)N(C)CC(=O)N(C)[C@H]2C/C=C\CCN(C2=O)[C@@H](CC2CCC(C(F)(F)F)CC2)C(=O)N(C)CC(=O)N[C@@H](CCC2CC(F)C(C(F)(F)F)C(F)C2)C(=O)N2C[C@H](OCC)C[C@H]2C(=O)NC2(CCC2)C(=O)N(C)[C@@H](C2CCCC2)C(=O)N1C. The first-order chi connectivity index (χ1) is 51.8. The third-order valence-electron chi connectivity index (χ3n) is 25.0. The van der Waals surface area contributed by atoms with Gasteiger partial charge in [-0.15, -0.1) is 0 Å². The second kappa shape index (κ2) is 38.1. The maximum atomic E-state index is 15.7. The van der Waals surface area contributed by atoms with Gasteiger partial charge in [-0.25, -0.2) is 8.78 Å². The highest BCUT2D eigenvalue weighted by Gasteiger charge is 2.56. The van der Waals surface area contributed by atoms with E-state index in [4.69, 9.17) is 4.74 Å². The molecule has 3 aliphatic heterocycles. The molecule has 2 unspecified atom stereocenters. The van der Waals surface area contributed by atoms with E-state index in [9.17, 15) is 50.3 Å². The Bertz CT molecular complexity index is 3300. The summed E-state index contributed by atoms with van der Waals surface area (Å²) in [5, 5.41) is 8.48. The summed E-state index contributed by atoms with van der Waals surface area (Å²) in [6.45, 7) is 5.36. The van der Waals surface area contributed by atoms with Crippen LogP contribution in [0, 0.1) is 41.4 Å². The van der Waals surface area contributed by atoms with Crippen molar-refractivity contribution in [2.75, 3.05) is 88.7 Å². The highest BCUT2D eigenvalue weighted by molar-refractivity contribution is 6.01. The van der Waals surface area contributed by atoms with Gasteiger partial charge in [0.2, 0.25) is 70.9 Å². The van der Waals surface area contributed by atoms with Crippen molar-refractivity contribution in [2.45, 2.75) is 273 Å². The van der Waals surface area contributed by atoms with Gasteiger partial charge < -0.3 is 64.8 Å². The van der Waals surface area contributed by atoms with Crippen LogP contribution >= 0.6 is 0 Å². The van der Waals surface area contributed by atoms with Gasteiger partial charge in [0.25, 0.3) is 0 Å². The van der Waals surface area contributed by atoms with Gasteiger partial charge in [-0.05, 0) is 152 Å². The Morgan fingerprint density at radius 1 is 0.627 bits per heavy atom. The van der Waals surface area contributed by atoms with E-state index in [1.54, 1.807) is 32.9 Å². The van der Waals surface area contributed by atoms with E-state index in [0.29, 0.717) is 44.9 Å². The molecule has 0 aromatic heterocycles. The zero-order valence-corrected chi connectivity index (χ0v) is 65.8. The number of hydrogen-bond donors (Lipinski definition) is 3. The summed E-state index contributed by atoms with van der Waals surface area (Å²) in [6, 6.07) is -11.3. The molecule has 12 atom stereocenters. The molecular formula is C77H118F8N12O13. The summed E-state index contributed by atoms with van der Waals surface area (Å²) in [5.74, 6) is -16.5. The zero-order valence-electron chi connectivity index (χ0n) is 65.8. The van der Waals surface area contributed by atoms with Crippen molar-refractivity contribution in [3.05, 3.63) is 12.2 Å². The minimum atomic E-state index is -5.22. The molecular weight excluding hydrogens is 1450 g/mol. The third-order valence-corrected chi connectivity index (χ3v) is 25.0. The van der Waals surface area contributed by atoms with Crippen LogP contribution in [0.5, 0.6) is 0 Å². The van der Waals surface area contributed by atoms with Crippen LogP contribution in [0.15, 0.2) is 12.2 Å². The average molecular weight is 1570 g/mol. The lowest BCUT2D eigenvalue weighted by molar-refractivity contribution is -0.219. The molecule has 2 bridgehead atoms. The molecule has 33 heteroatoms. The monoisotopic (exact) mass is 1570 g/mol. The number of ether oxygens (including phenoxy) is 1. The van der Waals surface area contributed by atoms with Crippen molar-refractivity contribution < 1.29 is 97.4 Å². The van der Waals surface area contributed by atoms with Gasteiger partial charge >= 0.3 is 12.4 Å². The quantitative estimate of drug-likeness (QED) is 0.111.